The van der Waals surface area contributed by atoms with E-state index in [1.54, 1.807) is 0 Å². The first-order valence-corrected chi connectivity index (χ1v) is 3.62. The predicted octanol–water partition coefficient (Wildman–Crippen LogP) is -1.20. The van der Waals surface area contributed by atoms with Crippen LogP contribution in [0.25, 0.3) is 0 Å². The predicted molar refractivity (Wildman–Crippen MR) is 37.0 cm³/mol. The summed E-state index contributed by atoms with van der Waals surface area (Å²) in [5.41, 5.74) is 0. The first-order chi connectivity index (χ1) is 5.29. The highest BCUT2D eigenvalue weighted by Crippen LogP contribution is 2.14. The number of ketones is 1. The van der Waals surface area contributed by atoms with Crippen molar-refractivity contribution >= 4 is 5.78 Å². The second-order valence-corrected chi connectivity index (χ2v) is 2.70. The van der Waals surface area contributed by atoms with Crippen LogP contribution in [-0.4, -0.2) is 42.4 Å². The van der Waals surface area contributed by atoms with Gasteiger partial charge in [0, 0.05) is 0 Å². The molecule has 0 saturated carbocycles. The summed E-state index contributed by atoms with van der Waals surface area (Å²) in [5, 5.41) is 17.4. The third kappa shape index (κ3) is 1.77. The second kappa shape index (κ2) is 3.80. The van der Waals surface area contributed by atoms with Gasteiger partial charge in [-0.3, -0.25) is 4.79 Å². The van der Waals surface area contributed by atoms with E-state index in [9.17, 15) is 4.79 Å². The molecule has 2 unspecified atom stereocenters. The molecule has 0 aromatic carbocycles. The van der Waals surface area contributed by atoms with Crippen LogP contribution in [0.3, 0.4) is 0 Å². The number of rotatable bonds is 2. The van der Waals surface area contributed by atoms with E-state index < -0.39 is 11.8 Å². The number of aliphatic hydroxyl groups excluding tert-OH is 2. The van der Waals surface area contributed by atoms with Gasteiger partial charge in [0.05, 0.1) is 38.3 Å². The molecule has 1 fully saturated rings. The van der Waals surface area contributed by atoms with Crippen LogP contribution in [0.15, 0.2) is 0 Å². The van der Waals surface area contributed by atoms with E-state index in [2.05, 4.69) is 0 Å². The van der Waals surface area contributed by atoms with Gasteiger partial charge in [-0.15, -0.1) is 0 Å². The summed E-state index contributed by atoms with van der Waals surface area (Å²) in [5.74, 6) is -0.942. The van der Waals surface area contributed by atoms with Gasteiger partial charge in [0.2, 0.25) is 0 Å². The van der Waals surface area contributed by atoms with Crippen molar-refractivity contribution in [3.05, 3.63) is 0 Å². The van der Waals surface area contributed by atoms with E-state index in [1.807, 2.05) is 0 Å². The molecular formula is C7H12O4. The maximum Gasteiger partial charge on any atom is 0.148 e. The molecule has 0 bridgehead atoms. The normalized spacial score (nSPS) is 32.4. The molecule has 1 rings (SSSR count). The summed E-state index contributed by atoms with van der Waals surface area (Å²) in [6.45, 7) is 0.197. The molecule has 1 saturated heterocycles. The smallest absolute Gasteiger partial charge is 0.148 e. The highest BCUT2D eigenvalue weighted by atomic mass is 16.5. The summed E-state index contributed by atoms with van der Waals surface area (Å²) in [6, 6.07) is 0. The van der Waals surface area contributed by atoms with Crippen LogP contribution < -0.4 is 0 Å². The fourth-order valence-electron chi connectivity index (χ4n) is 1.14. The zero-order chi connectivity index (χ0) is 8.27. The van der Waals surface area contributed by atoms with Gasteiger partial charge in [-0.1, -0.05) is 0 Å². The summed E-state index contributed by atoms with van der Waals surface area (Å²) in [6.07, 6.45) is 0. The highest BCUT2D eigenvalue weighted by molar-refractivity contribution is 5.84. The van der Waals surface area contributed by atoms with E-state index in [4.69, 9.17) is 14.9 Å². The van der Waals surface area contributed by atoms with Crippen LogP contribution in [-0.2, 0) is 9.53 Å². The number of Topliss-reactive ketones (excluding diaryl/α,β-unsaturated/α-hetero) is 1. The van der Waals surface area contributed by atoms with E-state index in [1.165, 1.54) is 0 Å². The molecule has 1 aliphatic rings. The van der Waals surface area contributed by atoms with Crippen LogP contribution in [0, 0.1) is 11.8 Å². The quantitative estimate of drug-likeness (QED) is 0.532. The number of ether oxygens (including phenoxy) is 1. The Morgan fingerprint density at radius 3 is 2.09 bits per heavy atom. The lowest BCUT2D eigenvalue weighted by atomic mass is 9.93. The summed E-state index contributed by atoms with van der Waals surface area (Å²) in [4.78, 5) is 11.2. The van der Waals surface area contributed by atoms with Crippen molar-refractivity contribution < 1.29 is 19.7 Å². The van der Waals surface area contributed by atoms with E-state index in [-0.39, 0.29) is 32.2 Å². The highest BCUT2D eigenvalue weighted by Gasteiger charge is 2.30. The van der Waals surface area contributed by atoms with Crippen LogP contribution in [0.5, 0.6) is 0 Å². The van der Waals surface area contributed by atoms with Gasteiger partial charge in [0.15, 0.2) is 0 Å². The van der Waals surface area contributed by atoms with Crippen LogP contribution in [0.2, 0.25) is 0 Å². The number of hydrogen-bond donors (Lipinski definition) is 2. The van der Waals surface area contributed by atoms with Crippen molar-refractivity contribution in [1.29, 1.82) is 0 Å². The first-order valence-electron chi connectivity index (χ1n) is 3.62. The molecule has 2 N–H and O–H groups in total. The minimum atomic E-state index is -0.430. The SMILES string of the molecule is O=C1C(CO)COCC1CO. The van der Waals surface area contributed by atoms with E-state index in [0.29, 0.717) is 0 Å². The second-order valence-electron chi connectivity index (χ2n) is 2.70. The summed E-state index contributed by atoms with van der Waals surface area (Å²) in [7, 11) is 0. The van der Waals surface area contributed by atoms with Crippen molar-refractivity contribution in [3.63, 3.8) is 0 Å². The summed E-state index contributed by atoms with van der Waals surface area (Å²) >= 11 is 0. The lowest BCUT2D eigenvalue weighted by molar-refractivity contribution is -0.141. The first kappa shape index (κ1) is 8.64. The standard InChI is InChI=1S/C7H12O4/c8-1-5-3-11-4-6(2-9)7(5)10/h5-6,8-9H,1-4H2. The average molecular weight is 160 g/mol. The molecule has 2 atom stereocenters. The topological polar surface area (TPSA) is 66.8 Å². The van der Waals surface area contributed by atoms with Gasteiger partial charge >= 0.3 is 0 Å². The van der Waals surface area contributed by atoms with E-state index >= 15 is 0 Å². The maximum atomic E-state index is 11.2. The Kier molecular flexibility index (Phi) is 2.99. The molecule has 1 heterocycles. The lowest BCUT2D eigenvalue weighted by Crippen LogP contribution is -2.39. The van der Waals surface area contributed by atoms with Gasteiger partial charge < -0.3 is 14.9 Å². The van der Waals surface area contributed by atoms with Gasteiger partial charge in [0.25, 0.3) is 0 Å². The van der Waals surface area contributed by atoms with Crippen molar-refractivity contribution in [1.82, 2.24) is 0 Å². The Hall–Kier alpha value is -0.450. The van der Waals surface area contributed by atoms with Crippen molar-refractivity contribution in [2.45, 2.75) is 0 Å². The Balaban J connectivity index is 2.52. The van der Waals surface area contributed by atoms with Crippen molar-refractivity contribution in [3.8, 4) is 0 Å². The minimum Gasteiger partial charge on any atom is -0.396 e. The molecule has 0 amide bonds. The van der Waals surface area contributed by atoms with Gasteiger partial charge in [-0.2, -0.15) is 0 Å². The van der Waals surface area contributed by atoms with Gasteiger partial charge in [-0.25, -0.2) is 0 Å². The maximum absolute atomic E-state index is 11.2. The Morgan fingerprint density at radius 1 is 1.27 bits per heavy atom. The molecule has 64 valence electrons. The van der Waals surface area contributed by atoms with E-state index in [0.717, 1.165) is 0 Å². The third-order valence-corrected chi connectivity index (χ3v) is 1.88. The lowest BCUT2D eigenvalue weighted by Gasteiger charge is -2.25. The molecular weight excluding hydrogens is 148 g/mol. The minimum absolute atomic E-state index is 0.0822. The number of carbonyl (C=O) groups excluding carboxylic acids is 1. The fraction of sp³-hybridized carbons (Fsp3) is 0.857. The van der Waals surface area contributed by atoms with Gasteiger partial charge in [-0.05, 0) is 0 Å². The molecule has 4 heteroatoms. The zero-order valence-electron chi connectivity index (χ0n) is 6.19. The number of aliphatic hydroxyl groups is 2. The molecule has 11 heavy (non-hydrogen) atoms. The van der Waals surface area contributed by atoms with Gasteiger partial charge in [0.1, 0.15) is 5.78 Å². The molecule has 0 aromatic heterocycles. The molecule has 4 nitrogen and oxygen atoms in total. The molecule has 0 radical (unpaired) electrons. The Morgan fingerprint density at radius 2 is 1.73 bits per heavy atom. The fourth-order valence-corrected chi connectivity index (χ4v) is 1.14. The van der Waals surface area contributed by atoms with Crippen LogP contribution in [0.1, 0.15) is 0 Å². The molecule has 0 spiro atoms. The van der Waals surface area contributed by atoms with Crippen molar-refractivity contribution in [2.24, 2.45) is 11.8 Å². The number of hydrogen-bond acceptors (Lipinski definition) is 4. The summed E-state index contributed by atoms with van der Waals surface area (Å²) < 4.78 is 5.01. The third-order valence-electron chi connectivity index (χ3n) is 1.88. The Labute approximate surface area is 64.8 Å². The van der Waals surface area contributed by atoms with Crippen LogP contribution >= 0.6 is 0 Å². The van der Waals surface area contributed by atoms with Crippen molar-refractivity contribution in [2.75, 3.05) is 26.4 Å². The Bertz CT molecular complexity index is 131. The molecule has 0 aliphatic carbocycles. The largest absolute Gasteiger partial charge is 0.396 e. The number of carbonyl (C=O) groups is 1. The molecule has 0 aromatic rings. The monoisotopic (exact) mass is 160 g/mol. The zero-order valence-corrected chi connectivity index (χ0v) is 6.19. The van der Waals surface area contributed by atoms with Crippen LogP contribution in [0.4, 0.5) is 0 Å². The molecule has 1 aliphatic heterocycles. The average Bonchev–Trinajstić information content (AvgIpc) is 2.05.